The molecule has 0 radical (unpaired) electrons. The number of aliphatic imine (C=N–C) groups is 1. The quantitative estimate of drug-likeness (QED) is 0.230. The molecule has 2 aliphatic heterocycles. The minimum absolute atomic E-state index is 0.0458. The Morgan fingerprint density at radius 2 is 2.22 bits per heavy atom. The summed E-state index contributed by atoms with van der Waals surface area (Å²) in [7, 11) is 0. The number of hydrogen-bond donors (Lipinski definition) is 5. The molecular formula is C14H23N7O2. The van der Waals surface area contributed by atoms with Crippen LogP contribution in [0.15, 0.2) is 28.5 Å². The standard InChI is InChI=1S/C14H23N7O2/c1-9-7-10-8-21(14(23)20-12(10)19-9)6-3-11(22)17-4-2-5-18-13(15)16/h7-8,12,19H,2-6H2,1H3,(H,17,22)(H,20,23)(H4,15,16,18). The first-order valence-electron chi connectivity index (χ1n) is 7.51. The van der Waals surface area contributed by atoms with Crippen molar-refractivity contribution in [1.82, 2.24) is 20.9 Å². The van der Waals surface area contributed by atoms with Crippen molar-refractivity contribution >= 4 is 17.9 Å². The van der Waals surface area contributed by atoms with Gasteiger partial charge in [-0.1, -0.05) is 0 Å². The highest BCUT2D eigenvalue weighted by Crippen LogP contribution is 2.18. The number of nitrogens with two attached hydrogens (primary N) is 2. The van der Waals surface area contributed by atoms with Gasteiger partial charge in [-0.05, 0) is 19.4 Å². The van der Waals surface area contributed by atoms with E-state index in [1.165, 1.54) is 4.90 Å². The van der Waals surface area contributed by atoms with E-state index in [2.05, 4.69) is 20.9 Å². The lowest BCUT2D eigenvalue weighted by atomic mass is 10.2. The monoisotopic (exact) mass is 321 g/mol. The highest BCUT2D eigenvalue weighted by molar-refractivity contribution is 5.80. The molecule has 2 heterocycles. The van der Waals surface area contributed by atoms with Crippen molar-refractivity contribution in [2.24, 2.45) is 16.5 Å². The number of hydrogen-bond acceptors (Lipinski definition) is 4. The number of amides is 3. The molecule has 3 amide bonds. The van der Waals surface area contributed by atoms with E-state index in [9.17, 15) is 9.59 Å². The van der Waals surface area contributed by atoms with Crippen LogP contribution in [0.4, 0.5) is 4.79 Å². The van der Waals surface area contributed by atoms with Gasteiger partial charge in [0.25, 0.3) is 0 Å². The third-order valence-electron chi connectivity index (χ3n) is 3.45. The Labute approximate surface area is 134 Å². The molecule has 9 nitrogen and oxygen atoms in total. The molecule has 0 aliphatic carbocycles. The lowest BCUT2D eigenvalue weighted by Crippen LogP contribution is -2.52. The van der Waals surface area contributed by atoms with Crippen LogP contribution in [0.5, 0.6) is 0 Å². The fourth-order valence-electron chi connectivity index (χ4n) is 2.35. The van der Waals surface area contributed by atoms with Crippen molar-refractivity contribution in [3.05, 3.63) is 23.5 Å². The van der Waals surface area contributed by atoms with E-state index in [4.69, 9.17) is 11.5 Å². The number of rotatable bonds is 7. The van der Waals surface area contributed by atoms with E-state index in [1.54, 1.807) is 6.20 Å². The third-order valence-corrected chi connectivity index (χ3v) is 3.45. The van der Waals surface area contributed by atoms with E-state index in [1.807, 2.05) is 13.0 Å². The zero-order valence-corrected chi connectivity index (χ0v) is 13.1. The second-order valence-corrected chi connectivity index (χ2v) is 5.44. The zero-order valence-electron chi connectivity index (χ0n) is 13.1. The summed E-state index contributed by atoms with van der Waals surface area (Å²) >= 11 is 0. The average molecular weight is 321 g/mol. The first kappa shape index (κ1) is 16.7. The normalized spacial score (nSPS) is 19.1. The molecular weight excluding hydrogens is 298 g/mol. The summed E-state index contributed by atoms with van der Waals surface area (Å²) in [4.78, 5) is 29.1. The number of guanidine groups is 1. The summed E-state index contributed by atoms with van der Waals surface area (Å²) in [6.07, 6.45) is 4.48. The number of urea groups is 1. The first-order valence-corrected chi connectivity index (χ1v) is 7.51. The molecule has 9 heteroatoms. The van der Waals surface area contributed by atoms with Gasteiger partial charge in [0.05, 0.1) is 0 Å². The number of nitrogens with zero attached hydrogens (tertiary/aromatic N) is 2. The van der Waals surface area contributed by atoms with Crippen LogP contribution < -0.4 is 27.4 Å². The maximum Gasteiger partial charge on any atom is 0.323 e. The molecule has 23 heavy (non-hydrogen) atoms. The molecule has 2 rings (SSSR count). The van der Waals surface area contributed by atoms with Crippen molar-refractivity contribution in [3.8, 4) is 0 Å². The van der Waals surface area contributed by atoms with Crippen LogP contribution in [-0.4, -0.2) is 48.6 Å². The largest absolute Gasteiger partial charge is 0.370 e. The second kappa shape index (κ2) is 7.52. The molecule has 0 aromatic heterocycles. The van der Waals surface area contributed by atoms with E-state index >= 15 is 0 Å². The summed E-state index contributed by atoms with van der Waals surface area (Å²) in [5, 5.41) is 8.76. The Morgan fingerprint density at radius 1 is 1.43 bits per heavy atom. The Hall–Kier alpha value is -2.71. The maximum absolute atomic E-state index is 12.0. The van der Waals surface area contributed by atoms with Crippen molar-refractivity contribution < 1.29 is 9.59 Å². The molecule has 0 saturated carbocycles. The fraction of sp³-hybridized carbons (Fsp3) is 0.500. The lowest BCUT2D eigenvalue weighted by Gasteiger charge is -2.28. The maximum atomic E-state index is 12.0. The smallest absolute Gasteiger partial charge is 0.323 e. The Balaban J connectivity index is 1.71. The van der Waals surface area contributed by atoms with Crippen LogP contribution in [0.25, 0.3) is 0 Å². The molecule has 0 saturated heterocycles. The molecule has 0 fully saturated rings. The van der Waals surface area contributed by atoms with Gasteiger partial charge in [-0.3, -0.25) is 9.79 Å². The van der Waals surface area contributed by atoms with Gasteiger partial charge in [0.15, 0.2) is 5.96 Å². The summed E-state index contributed by atoms with van der Waals surface area (Å²) in [6, 6.07) is -0.213. The number of fused-ring (bicyclic) bond motifs is 1. The van der Waals surface area contributed by atoms with Crippen molar-refractivity contribution in [2.45, 2.75) is 25.9 Å². The zero-order chi connectivity index (χ0) is 16.8. The van der Waals surface area contributed by atoms with Gasteiger partial charge in [0.1, 0.15) is 6.17 Å². The van der Waals surface area contributed by atoms with E-state index in [-0.39, 0.29) is 30.5 Å². The SMILES string of the molecule is CC1=CC2=CN(CCC(=O)NCCCN=C(N)N)C(=O)NC2N1. The lowest BCUT2D eigenvalue weighted by molar-refractivity contribution is -0.121. The minimum atomic E-state index is -0.213. The first-order chi connectivity index (χ1) is 11.0. The highest BCUT2D eigenvalue weighted by Gasteiger charge is 2.28. The highest BCUT2D eigenvalue weighted by atomic mass is 16.2. The van der Waals surface area contributed by atoms with Crippen molar-refractivity contribution in [3.63, 3.8) is 0 Å². The molecule has 0 spiro atoms. The van der Waals surface area contributed by atoms with E-state index in [0.29, 0.717) is 26.1 Å². The molecule has 126 valence electrons. The molecule has 0 aromatic carbocycles. The molecule has 0 bridgehead atoms. The van der Waals surface area contributed by atoms with E-state index in [0.717, 1.165) is 11.3 Å². The third kappa shape index (κ3) is 4.90. The van der Waals surface area contributed by atoms with Crippen LogP contribution in [0.2, 0.25) is 0 Å². The topological polar surface area (TPSA) is 138 Å². The van der Waals surface area contributed by atoms with Gasteiger partial charge in [0, 0.05) is 43.5 Å². The number of nitrogens with one attached hydrogen (secondary N) is 3. The Morgan fingerprint density at radius 3 is 2.96 bits per heavy atom. The predicted molar refractivity (Wildman–Crippen MR) is 86.9 cm³/mol. The molecule has 1 unspecified atom stereocenters. The molecule has 7 N–H and O–H groups in total. The van der Waals surface area contributed by atoms with Crippen LogP contribution in [0.1, 0.15) is 19.8 Å². The predicted octanol–water partition coefficient (Wildman–Crippen LogP) is -1.10. The van der Waals surface area contributed by atoms with Crippen molar-refractivity contribution in [2.75, 3.05) is 19.6 Å². The van der Waals surface area contributed by atoms with Crippen LogP contribution in [-0.2, 0) is 4.79 Å². The van der Waals surface area contributed by atoms with Crippen molar-refractivity contribution in [1.29, 1.82) is 0 Å². The number of carbonyl (C=O) groups is 2. The van der Waals surface area contributed by atoms with Gasteiger partial charge in [-0.2, -0.15) is 0 Å². The van der Waals surface area contributed by atoms with Crippen LogP contribution in [0, 0.1) is 0 Å². The summed E-state index contributed by atoms with van der Waals surface area (Å²) in [6.45, 7) is 3.24. The fourth-order valence-corrected chi connectivity index (χ4v) is 2.35. The van der Waals surface area contributed by atoms with Gasteiger partial charge >= 0.3 is 6.03 Å². The van der Waals surface area contributed by atoms with E-state index < -0.39 is 0 Å². The van der Waals surface area contributed by atoms with Gasteiger partial charge in [0.2, 0.25) is 5.91 Å². The van der Waals surface area contributed by atoms with Crippen LogP contribution in [0.3, 0.4) is 0 Å². The summed E-state index contributed by atoms with van der Waals surface area (Å²) in [5.74, 6) is -0.0660. The number of allylic oxidation sites excluding steroid dienone is 1. The average Bonchev–Trinajstić information content (AvgIpc) is 2.83. The summed E-state index contributed by atoms with van der Waals surface area (Å²) in [5.41, 5.74) is 12.4. The second-order valence-electron chi connectivity index (χ2n) is 5.44. The van der Waals surface area contributed by atoms with Gasteiger partial charge in [-0.25, -0.2) is 4.79 Å². The summed E-state index contributed by atoms with van der Waals surface area (Å²) < 4.78 is 0. The number of carbonyl (C=O) groups excluding carboxylic acids is 2. The molecule has 0 aromatic rings. The van der Waals surface area contributed by atoms with Crippen LogP contribution >= 0.6 is 0 Å². The Kier molecular flexibility index (Phi) is 5.45. The molecule has 1 atom stereocenters. The molecule has 2 aliphatic rings. The van der Waals surface area contributed by atoms with Gasteiger partial charge < -0.3 is 32.3 Å². The Bertz CT molecular complexity index is 563. The van der Waals surface area contributed by atoms with Gasteiger partial charge in [-0.15, -0.1) is 0 Å². The minimum Gasteiger partial charge on any atom is -0.370 e.